The van der Waals surface area contributed by atoms with Gasteiger partial charge in [-0.2, -0.15) is 4.39 Å². The standard InChI is InChI=1S/C38H6BF21O2/c40-9-6-5-8(18(41)19(9)42)7-3-1-2-4-10(7)61-39(17-11(22(45)29(52)35(58)28(17)51)12-23(46)32(55)36(59)33(56)24(12)47)62-38-16-15(27(50)34(57)37(38)60)20(43)13-14(21(16)44)26(49)31(54)30(53)25(13)48/h1-6H. The highest BCUT2D eigenvalue weighted by Gasteiger charge is 2.44. The first kappa shape index (κ1) is 43.3. The maximum atomic E-state index is 16.3. The van der Waals surface area contributed by atoms with Crippen molar-refractivity contribution >= 4 is 34.1 Å². The molecule has 0 bridgehead atoms. The number of hydrogen-bond donors (Lipinski definition) is 0. The number of para-hydroxylation sites is 1. The highest BCUT2D eigenvalue weighted by molar-refractivity contribution is 6.64. The Morgan fingerprint density at radius 3 is 1.26 bits per heavy atom. The molecular formula is C38H6BF21O2. The van der Waals surface area contributed by atoms with E-state index < -0.39 is 190 Å². The van der Waals surface area contributed by atoms with Crippen LogP contribution in [0.5, 0.6) is 11.5 Å². The molecule has 0 N–H and O–H groups in total. The summed E-state index contributed by atoms with van der Waals surface area (Å²) in [5.74, 6) is -64.1. The molecule has 62 heavy (non-hydrogen) atoms. The van der Waals surface area contributed by atoms with Gasteiger partial charge in [0.1, 0.15) is 17.4 Å². The summed E-state index contributed by atoms with van der Waals surface area (Å²) in [5, 5.41) is -9.54. The molecule has 0 fully saturated rings. The molecular weight excluding hydrogens is 898 g/mol. The van der Waals surface area contributed by atoms with Gasteiger partial charge in [-0.1, -0.05) is 18.2 Å². The van der Waals surface area contributed by atoms with Crippen molar-refractivity contribution < 1.29 is 102 Å². The minimum atomic E-state index is -3.90. The van der Waals surface area contributed by atoms with Crippen LogP contribution in [0.2, 0.25) is 0 Å². The van der Waals surface area contributed by atoms with Crippen molar-refractivity contribution in [2.75, 3.05) is 0 Å². The fraction of sp³-hybridized carbons (Fsp3) is 0. The molecule has 320 valence electrons. The van der Waals surface area contributed by atoms with Crippen LogP contribution in [-0.2, 0) is 0 Å². The molecule has 7 aromatic carbocycles. The SMILES string of the molecule is Fc1ccc(-c2ccccc2OB(Oc2c(F)c(F)c(F)c3c(F)c4c(F)c(F)c(F)c(F)c4c(F)c23)c2c(F)c(F)c(F)c(F)c2-c2c(F)c(F)c(F)c(F)c2F)c(F)c1F. The van der Waals surface area contributed by atoms with Crippen LogP contribution in [0.25, 0.3) is 43.8 Å². The van der Waals surface area contributed by atoms with Gasteiger partial charge >= 0.3 is 7.12 Å². The Morgan fingerprint density at radius 2 is 0.710 bits per heavy atom. The first-order valence-corrected chi connectivity index (χ1v) is 16.1. The van der Waals surface area contributed by atoms with E-state index in [4.69, 9.17) is 9.31 Å². The van der Waals surface area contributed by atoms with Gasteiger partial charge < -0.3 is 9.31 Å². The maximum Gasteiger partial charge on any atom is 0.636 e. The van der Waals surface area contributed by atoms with E-state index >= 15 is 48.3 Å². The Bertz CT molecular complexity index is 3090. The third kappa shape index (κ3) is 6.19. The lowest BCUT2D eigenvalue weighted by atomic mass is 9.72. The van der Waals surface area contributed by atoms with E-state index in [1.54, 1.807) is 0 Å². The summed E-state index contributed by atoms with van der Waals surface area (Å²) in [4.78, 5) is 0. The first-order valence-electron chi connectivity index (χ1n) is 16.1. The molecule has 7 rings (SSSR count). The molecule has 0 spiro atoms. The van der Waals surface area contributed by atoms with Gasteiger partial charge in [0.25, 0.3) is 0 Å². The van der Waals surface area contributed by atoms with E-state index in [0.717, 1.165) is 12.1 Å². The summed E-state index contributed by atoms with van der Waals surface area (Å²) in [5.41, 5.74) is -10.0. The zero-order valence-electron chi connectivity index (χ0n) is 28.8. The molecule has 0 aliphatic carbocycles. The molecule has 0 radical (unpaired) electrons. The molecule has 0 unspecified atom stereocenters. The van der Waals surface area contributed by atoms with Gasteiger partial charge in [-0.05, 0) is 18.2 Å². The number of fused-ring (bicyclic) bond motifs is 2. The van der Waals surface area contributed by atoms with Crippen molar-refractivity contribution in [3.8, 4) is 33.8 Å². The van der Waals surface area contributed by atoms with E-state index in [9.17, 15) is 43.9 Å². The molecule has 0 amide bonds. The van der Waals surface area contributed by atoms with Crippen LogP contribution in [0, 0.1) is 122 Å². The molecule has 0 atom stereocenters. The predicted molar refractivity (Wildman–Crippen MR) is 171 cm³/mol. The topological polar surface area (TPSA) is 18.5 Å². The smallest absolute Gasteiger partial charge is 0.521 e. The monoisotopic (exact) mass is 904 g/mol. The number of rotatable bonds is 7. The van der Waals surface area contributed by atoms with Crippen molar-refractivity contribution in [3.05, 3.63) is 159 Å². The van der Waals surface area contributed by atoms with Gasteiger partial charge in [0.2, 0.25) is 11.6 Å². The molecule has 0 heterocycles. The molecule has 0 aromatic heterocycles. The summed E-state index contributed by atoms with van der Waals surface area (Å²) in [6.07, 6.45) is 0. The Labute approximate surface area is 328 Å². The third-order valence-corrected chi connectivity index (χ3v) is 9.10. The van der Waals surface area contributed by atoms with Gasteiger partial charge in [-0.15, -0.1) is 0 Å². The number of hydrogen-bond acceptors (Lipinski definition) is 2. The normalized spacial score (nSPS) is 11.6. The maximum absolute atomic E-state index is 16.3. The summed E-state index contributed by atoms with van der Waals surface area (Å²) >= 11 is 0. The van der Waals surface area contributed by atoms with Crippen LogP contribution in [0.15, 0.2) is 36.4 Å². The van der Waals surface area contributed by atoms with Crippen molar-refractivity contribution in [1.29, 1.82) is 0 Å². The summed E-state index contributed by atoms with van der Waals surface area (Å²) in [6.45, 7) is 0. The van der Waals surface area contributed by atoms with Gasteiger partial charge in [-0.3, -0.25) is 0 Å². The first-order chi connectivity index (χ1) is 29.1. The van der Waals surface area contributed by atoms with Crippen molar-refractivity contribution in [2.45, 2.75) is 0 Å². The third-order valence-electron chi connectivity index (χ3n) is 9.10. The second-order valence-corrected chi connectivity index (χ2v) is 12.4. The summed E-state index contributed by atoms with van der Waals surface area (Å²) in [7, 11) is -3.90. The summed E-state index contributed by atoms with van der Waals surface area (Å²) < 4.78 is 326. The largest absolute Gasteiger partial charge is 0.636 e. The minimum Gasteiger partial charge on any atom is -0.521 e. The van der Waals surface area contributed by atoms with E-state index in [0.29, 0.717) is 18.2 Å². The van der Waals surface area contributed by atoms with Gasteiger partial charge in [-0.25, -0.2) is 87.8 Å². The van der Waals surface area contributed by atoms with E-state index in [1.807, 2.05) is 0 Å². The van der Waals surface area contributed by atoms with E-state index in [-0.39, 0.29) is 6.07 Å². The predicted octanol–water partition coefficient (Wildman–Crippen LogP) is 12.1. The lowest BCUT2D eigenvalue weighted by Gasteiger charge is -2.24. The van der Waals surface area contributed by atoms with Gasteiger partial charge in [0.05, 0.1) is 32.6 Å². The lowest BCUT2D eigenvalue weighted by Crippen LogP contribution is -2.47. The zero-order chi connectivity index (χ0) is 45.7. The quantitative estimate of drug-likeness (QED) is 0.0522. The van der Waals surface area contributed by atoms with Gasteiger partial charge in [0.15, 0.2) is 105 Å². The van der Waals surface area contributed by atoms with Crippen molar-refractivity contribution in [1.82, 2.24) is 0 Å². The zero-order valence-corrected chi connectivity index (χ0v) is 28.8. The summed E-state index contributed by atoms with van der Waals surface area (Å²) in [6, 6.07) is 3.60. The average Bonchev–Trinajstić information content (AvgIpc) is 3.25. The minimum absolute atomic E-state index is 0.255. The van der Waals surface area contributed by atoms with Crippen LogP contribution < -0.4 is 14.8 Å². The molecule has 0 aliphatic rings. The average molecular weight is 904 g/mol. The molecule has 0 saturated carbocycles. The molecule has 7 aromatic rings. The van der Waals surface area contributed by atoms with Crippen LogP contribution in [0.4, 0.5) is 92.2 Å². The lowest BCUT2D eigenvalue weighted by molar-refractivity contribution is 0.378. The second-order valence-electron chi connectivity index (χ2n) is 12.4. The Balaban J connectivity index is 1.65. The highest BCUT2D eigenvalue weighted by atomic mass is 19.2. The molecule has 24 heteroatoms. The molecule has 0 aliphatic heterocycles. The molecule has 0 saturated heterocycles. The Hall–Kier alpha value is -6.75. The van der Waals surface area contributed by atoms with Gasteiger partial charge in [0, 0.05) is 16.7 Å². The molecule has 2 nitrogen and oxygen atoms in total. The van der Waals surface area contributed by atoms with Crippen molar-refractivity contribution in [2.24, 2.45) is 0 Å². The van der Waals surface area contributed by atoms with Crippen LogP contribution in [-0.4, -0.2) is 7.12 Å². The Kier molecular flexibility index (Phi) is 10.7. The fourth-order valence-electron chi connectivity index (χ4n) is 6.29. The fourth-order valence-corrected chi connectivity index (χ4v) is 6.29. The number of benzene rings is 7. The highest BCUT2D eigenvalue weighted by Crippen LogP contribution is 2.44. The van der Waals surface area contributed by atoms with Crippen LogP contribution in [0.3, 0.4) is 0 Å². The second kappa shape index (κ2) is 15.3. The number of halogens is 21. The van der Waals surface area contributed by atoms with Crippen LogP contribution >= 0.6 is 0 Å². The van der Waals surface area contributed by atoms with Crippen molar-refractivity contribution in [3.63, 3.8) is 0 Å². The van der Waals surface area contributed by atoms with Crippen LogP contribution in [0.1, 0.15) is 0 Å². The Morgan fingerprint density at radius 1 is 0.290 bits per heavy atom. The van der Waals surface area contributed by atoms with E-state index in [1.165, 1.54) is 0 Å². The van der Waals surface area contributed by atoms with E-state index in [2.05, 4.69) is 0 Å².